The Hall–Kier alpha value is -2.37. The molecule has 2 aromatic heterocycles. The zero-order valence-corrected chi connectivity index (χ0v) is 17.6. The molecule has 29 heavy (non-hydrogen) atoms. The first-order valence-corrected chi connectivity index (χ1v) is 10.2. The zero-order valence-electron chi connectivity index (χ0n) is 16.8. The first-order chi connectivity index (χ1) is 13.8. The minimum Gasteiger partial charge on any atom is -0.382 e. The summed E-state index contributed by atoms with van der Waals surface area (Å²) in [5, 5.41) is 3.43. The normalized spacial score (nSPS) is 16.0. The number of ether oxygens (including phenoxy) is 1. The van der Waals surface area contributed by atoms with Gasteiger partial charge in [0.15, 0.2) is 0 Å². The Bertz CT molecular complexity index is 995. The average molecular weight is 414 g/mol. The van der Waals surface area contributed by atoms with E-state index in [1.807, 2.05) is 42.5 Å². The van der Waals surface area contributed by atoms with E-state index in [1.54, 1.807) is 10.6 Å². The third-order valence-electron chi connectivity index (χ3n) is 5.31. The van der Waals surface area contributed by atoms with Crippen LogP contribution < -0.4 is 10.9 Å². The molecular formula is C23H28ClN3O2. The molecule has 6 heteroatoms. The maximum atomic E-state index is 13.2. The number of fused-ring (bicyclic) bond motifs is 1. The SMILES string of the molecule is CCCCc1nc2ccccn2c(=O)c1-c1ccc(NC[C@H]2CCCO2)cc1.Cl. The molecule has 0 amide bonds. The number of nitrogens with one attached hydrogen (secondary N) is 1. The number of unbranched alkanes of at least 4 members (excludes halogenated alkanes) is 1. The molecule has 4 rings (SSSR count). The van der Waals surface area contributed by atoms with Crippen molar-refractivity contribution >= 4 is 23.7 Å². The van der Waals surface area contributed by atoms with Crippen molar-refractivity contribution in [3.8, 4) is 11.1 Å². The highest BCUT2D eigenvalue weighted by atomic mass is 35.5. The van der Waals surface area contributed by atoms with Gasteiger partial charge >= 0.3 is 0 Å². The Morgan fingerprint density at radius 1 is 1.21 bits per heavy atom. The van der Waals surface area contributed by atoms with Crippen molar-refractivity contribution in [2.45, 2.75) is 45.1 Å². The number of nitrogens with zero attached hydrogens (tertiary/aromatic N) is 2. The molecule has 154 valence electrons. The van der Waals surface area contributed by atoms with Crippen LogP contribution in [0.3, 0.4) is 0 Å². The number of hydrogen-bond acceptors (Lipinski definition) is 4. The molecular weight excluding hydrogens is 386 g/mol. The van der Waals surface area contributed by atoms with Crippen molar-refractivity contribution < 1.29 is 4.74 Å². The Kier molecular flexibility index (Phi) is 7.29. The lowest BCUT2D eigenvalue weighted by molar-refractivity contribution is 0.120. The molecule has 1 saturated heterocycles. The molecule has 1 fully saturated rings. The van der Waals surface area contributed by atoms with Gasteiger partial charge in [0.25, 0.3) is 5.56 Å². The number of aryl methyl sites for hydroxylation is 1. The Balaban J connectivity index is 0.00000240. The fraction of sp³-hybridized carbons (Fsp3) is 0.391. The van der Waals surface area contributed by atoms with Crippen LogP contribution in [0.25, 0.3) is 16.8 Å². The highest BCUT2D eigenvalue weighted by Gasteiger charge is 2.16. The van der Waals surface area contributed by atoms with Crippen LogP contribution in [0.4, 0.5) is 5.69 Å². The van der Waals surface area contributed by atoms with Crippen LogP contribution in [0, 0.1) is 0 Å². The van der Waals surface area contributed by atoms with Gasteiger partial charge in [-0.1, -0.05) is 31.5 Å². The largest absolute Gasteiger partial charge is 0.382 e. The van der Waals surface area contributed by atoms with E-state index in [4.69, 9.17) is 9.72 Å². The lowest BCUT2D eigenvalue weighted by atomic mass is 10.0. The van der Waals surface area contributed by atoms with Gasteiger partial charge < -0.3 is 10.1 Å². The smallest absolute Gasteiger partial charge is 0.265 e. The predicted molar refractivity (Wildman–Crippen MR) is 120 cm³/mol. The summed E-state index contributed by atoms with van der Waals surface area (Å²) in [6.07, 6.45) is 7.25. The summed E-state index contributed by atoms with van der Waals surface area (Å²) in [5.74, 6) is 0. The number of rotatable bonds is 7. The molecule has 3 heterocycles. The second-order valence-corrected chi connectivity index (χ2v) is 7.36. The molecule has 1 aliphatic rings. The highest BCUT2D eigenvalue weighted by molar-refractivity contribution is 5.85. The molecule has 0 radical (unpaired) electrons. The summed E-state index contributed by atoms with van der Waals surface area (Å²) in [6.45, 7) is 3.84. The van der Waals surface area contributed by atoms with Crippen LogP contribution in [-0.4, -0.2) is 28.6 Å². The maximum absolute atomic E-state index is 13.2. The van der Waals surface area contributed by atoms with E-state index in [1.165, 1.54) is 0 Å². The summed E-state index contributed by atoms with van der Waals surface area (Å²) in [7, 11) is 0. The van der Waals surface area contributed by atoms with Crippen molar-refractivity contribution in [2.75, 3.05) is 18.5 Å². The topological polar surface area (TPSA) is 55.6 Å². The monoisotopic (exact) mass is 413 g/mol. The van der Waals surface area contributed by atoms with E-state index in [2.05, 4.69) is 12.2 Å². The molecule has 5 nitrogen and oxygen atoms in total. The van der Waals surface area contributed by atoms with Crippen LogP contribution in [0.1, 0.15) is 38.3 Å². The minimum atomic E-state index is -0.00299. The predicted octanol–water partition coefficient (Wildman–Crippen LogP) is 4.72. The number of pyridine rings is 1. The van der Waals surface area contributed by atoms with Crippen molar-refractivity contribution in [3.63, 3.8) is 0 Å². The van der Waals surface area contributed by atoms with Gasteiger partial charge in [-0.2, -0.15) is 0 Å². The quantitative estimate of drug-likeness (QED) is 0.609. The Labute approximate surface area is 177 Å². The van der Waals surface area contributed by atoms with Crippen LogP contribution in [-0.2, 0) is 11.2 Å². The van der Waals surface area contributed by atoms with Crippen LogP contribution >= 0.6 is 12.4 Å². The zero-order chi connectivity index (χ0) is 19.3. The second-order valence-electron chi connectivity index (χ2n) is 7.36. The van der Waals surface area contributed by atoms with Crippen molar-refractivity contribution in [1.29, 1.82) is 0 Å². The first-order valence-electron chi connectivity index (χ1n) is 10.2. The standard InChI is InChI=1S/C23H27N3O2.ClH/c1-2-3-8-20-22(23(27)26-14-5-4-9-21(26)25-20)17-10-12-18(13-11-17)24-16-19-7-6-15-28-19;/h4-5,9-14,19,24H,2-3,6-8,15-16H2,1H3;1H/t19-;/m1./s1. The van der Waals surface area contributed by atoms with Gasteiger partial charge in [-0.3, -0.25) is 9.20 Å². The molecule has 3 aromatic rings. The minimum absolute atomic E-state index is 0. The summed E-state index contributed by atoms with van der Waals surface area (Å²) in [6, 6.07) is 13.8. The molecule has 1 aromatic carbocycles. The number of benzene rings is 1. The second kappa shape index (κ2) is 9.90. The van der Waals surface area contributed by atoms with E-state index < -0.39 is 0 Å². The molecule has 0 aliphatic carbocycles. The van der Waals surface area contributed by atoms with E-state index in [0.717, 1.165) is 62.2 Å². The van der Waals surface area contributed by atoms with Crippen molar-refractivity contribution in [2.24, 2.45) is 0 Å². The van der Waals surface area contributed by atoms with Crippen LogP contribution in [0.2, 0.25) is 0 Å². The van der Waals surface area contributed by atoms with Gasteiger partial charge in [-0.15, -0.1) is 12.4 Å². The maximum Gasteiger partial charge on any atom is 0.265 e. The van der Waals surface area contributed by atoms with E-state index >= 15 is 0 Å². The highest BCUT2D eigenvalue weighted by Crippen LogP contribution is 2.23. The first kappa shape index (κ1) is 21.3. The van der Waals surface area contributed by atoms with E-state index in [0.29, 0.717) is 17.3 Å². The van der Waals surface area contributed by atoms with E-state index in [-0.39, 0.29) is 18.0 Å². The molecule has 0 bridgehead atoms. The summed E-state index contributed by atoms with van der Waals surface area (Å²) >= 11 is 0. The summed E-state index contributed by atoms with van der Waals surface area (Å²) in [5.41, 5.74) is 4.27. The molecule has 1 aliphatic heterocycles. The molecule has 1 N–H and O–H groups in total. The average Bonchev–Trinajstić information content (AvgIpc) is 3.25. The van der Waals surface area contributed by atoms with Gasteiger partial charge in [0.05, 0.1) is 17.4 Å². The summed E-state index contributed by atoms with van der Waals surface area (Å²) < 4.78 is 7.30. The van der Waals surface area contributed by atoms with Gasteiger partial charge in [-0.25, -0.2) is 4.98 Å². The lowest BCUT2D eigenvalue weighted by Gasteiger charge is -2.13. The Morgan fingerprint density at radius 3 is 2.76 bits per heavy atom. The fourth-order valence-corrected chi connectivity index (χ4v) is 3.74. The number of aromatic nitrogens is 2. The fourth-order valence-electron chi connectivity index (χ4n) is 3.74. The number of anilines is 1. The van der Waals surface area contributed by atoms with Gasteiger partial charge in [-0.05, 0) is 55.5 Å². The molecule has 0 spiro atoms. The van der Waals surface area contributed by atoms with E-state index in [9.17, 15) is 4.79 Å². The van der Waals surface area contributed by atoms with Crippen molar-refractivity contribution in [1.82, 2.24) is 9.38 Å². The van der Waals surface area contributed by atoms with Gasteiger partial charge in [0.2, 0.25) is 0 Å². The van der Waals surface area contributed by atoms with Crippen LogP contribution in [0.5, 0.6) is 0 Å². The van der Waals surface area contributed by atoms with Gasteiger partial charge in [0, 0.05) is 25.0 Å². The number of hydrogen-bond donors (Lipinski definition) is 1. The summed E-state index contributed by atoms with van der Waals surface area (Å²) in [4.78, 5) is 18.0. The third-order valence-corrected chi connectivity index (χ3v) is 5.31. The third kappa shape index (κ3) is 4.80. The molecule has 0 saturated carbocycles. The number of halogens is 1. The van der Waals surface area contributed by atoms with Crippen LogP contribution in [0.15, 0.2) is 53.5 Å². The van der Waals surface area contributed by atoms with Gasteiger partial charge in [0.1, 0.15) is 5.65 Å². The lowest BCUT2D eigenvalue weighted by Crippen LogP contribution is -2.20. The van der Waals surface area contributed by atoms with Crippen molar-refractivity contribution in [3.05, 3.63) is 64.7 Å². The Morgan fingerprint density at radius 2 is 2.03 bits per heavy atom. The molecule has 1 atom stereocenters. The molecule has 0 unspecified atom stereocenters.